The summed E-state index contributed by atoms with van der Waals surface area (Å²) in [5.41, 5.74) is -0.127. The molecule has 1 aromatic heterocycles. The Labute approximate surface area is 130 Å². The first kappa shape index (κ1) is 15.9. The smallest absolute Gasteiger partial charge is 0.240 e. The van der Waals surface area contributed by atoms with E-state index in [0.29, 0.717) is 31.3 Å². The normalized spacial score (nSPS) is 32.3. The van der Waals surface area contributed by atoms with Gasteiger partial charge in [0.05, 0.1) is 24.9 Å². The molecule has 0 radical (unpaired) electrons. The van der Waals surface area contributed by atoms with Crippen LogP contribution in [0.5, 0.6) is 0 Å². The fourth-order valence-electron chi connectivity index (χ4n) is 3.78. The average Bonchev–Trinajstić information content (AvgIpc) is 3.11. The van der Waals surface area contributed by atoms with Gasteiger partial charge in [-0.15, -0.1) is 0 Å². The molecule has 7 heteroatoms. The van der Waals surface area contributed by atoms with E-state index in [-0.39, 0.29) is 17.7 Å². The Kier molecular flexibility index (Phi) is 4.77. The number of hydrogen-bond acceptors (Lipinski definition) is 7. The molecule has 1 N–H and O–H groups in total. The van der Waals surface area contributed by atoms with Gasteiger partial charge < -0.3 is 19.1 Å². The van der Waals surface area contributed by atoms with E-state index in [2.05, 4.69) is 15.0 Å². The molecule has 2 heterocycles. The van der Waals surface area contributed by atoms with Crippen molar-refractivity contribution >= 4 is 0 Å². The summed E-state index contributed by atoms with van der Waals surface area (Å²) in [6, 6.07) is 0.218. The van der Waals surface area contributed by atoms with Crippen LogP contribution in [0.4, 0.5) is 0 Å². The second kappa shape index (κ2) is 6.62. The van der Waals surface area contributed by atoms with Gasteiger partial charge in [-0.1, -0.05) is 5.16 Å². The molecule has 3 atom stereocenters. The maximum Gasteiger partial charge on any atom is 0.240 e. The summed E-state index contributed by atoms with van der Waals surface area (Å²) in [6.45, 7) is 2.13. The minimum Gasteiger partial charge on any atom is -0.393 e. The second-order valence-corrected chi connectivity index (χ2v) is 6.28. The summed E-state index contributed by atoms with van der Waals surface area (Å²) < 4.78 is 16.2. The van der Waals surface area contributed by atoms with Gasteiger partial charge >= 0.3 is 0 Å². The van der Waals surface area contributed by atoms with Crippen LogP contribution in [-0.2, 0) is 22.4 Å². The van der Waals surface area contributed by atoms with Crippen LogP contribution in [0.15, 0.2) is 4.52 Å². The molecule has 1 saturated carbocycles. The van der Waals surface area contributed by atoms with E-state index in [4.69, 9.17) is 14.0 Å². The topological polar surface area (TPSA) is 80.9 Å². The fraction of sp³-hybridized carbons (Fsp3) is 0.867. The van der Waals surface area contributed by atoms with Gasteiger partial charge in [0.1, 0.15) is 0 Å². The molecule has 7 nitrogen and oxygen atoms in total. The molecular weight excluding hydrogens is 286 g/mol. The first-order valence-corrected chi connectivity index (χ1v) is 7.94. The Morgan fingerprint density at radius 1 is 1.41 bits per heavy atom. The number of aliphatic hydroxyl groups is 1. The van der Waals surface area contributed by atoms with E-state index in [0.717, 1.165) is 32.2 Å². The summed E-state index contributed by atoms with van der Waals surface area (Å²) in [5, 5.41) is 14.0. The number of hydrogen-bond donors (Lipinski definition) is 1. The van der Waals surface area contributed by atoms with Crippen LogP contribution >= 0.6 is 0 Å². The third-order valence-electron chi connectivity index (χ3n) is 5.05. The van der Waals surface area contributed by atoms with Crippen LogP contribution in [0, 0.1) is 0 Å². The van der Waals surface area contributed by atoms with Crippen molar-refractivity contribution in [2.75, 3.05) is 27.4 Å². The molecule has 1 aliphatic carbocycles. The molecule has 0 bridgehead atoms. The van der Waals surface area contributed by atoms with Gasteiger partial charge in [-0.25, -0.2) is 0 Å². The van der Waals surface area contributed by atoms with E-state index >= 15 is 0 Å². The number of rotatable bonds is 6. The second-order valence-electron chi connectivity index (χ2n) is 6.28. The molecular formula is C15H25N3O4. The lowest BCUT2D eigenvalue weighted by Gasteiger charge is -2.42. The Morgan fingerprint density at radius 2 is 2.27 bits per heavy atom. The monoisotopic (exact) mass is 311 g/mol. The van der Waals surface area contributed by atoms with Crippen LogP contribution in [0.25, 0.3) is 0 Å². The predicted molar refractivity (Wildman–Crippen MR) is 78.3 cm³/mol. The Balaban J connectivity index is 1.66. The zero-order chi connectivity index (χ0) is 15.6. The Bertz CT molecular complexity index is 495. The van der Waals surface area contributed by atoms with Crippen LogP contribution in [0.1, 0.15) is 37.4 Å². The van der Waals surface area contributed by atoms with Crippen LogP contribution in [0.2, 0.25) is 0 Å². The zero-order valence-electron chi connectivity index (χ0n) is 13.3. The van der Waals surface area contributed by atoms with Crippen LogP contribution < -0.4 is 0 Å². The molecule has 1 aromatic rings. The van der Waals surface area contributed by atoms with Gasteiger partial charge in [-0.2, -0.15) is 4.98 Å². The molecule has 0 unspecified atom stereocenters. The van der Waals surface area contributed by atoms with Crippen LogP contribution in [-0.4, -0.2) is 65.3 Å². The van der Waals surface area contributed by atoms with E-state index in [9.17, 15) is 5.11 Å². The first-order chi connectivity index (χ1) is 10.7. The van der Waals surface area contributed by atoms with E-state index in [1.54, 1.807) is 14.2 Å². The van der Waals surface area contributed by atoms with E-state index in [1.807, 2.05) is 0 Å². The number of ether oxygens (including phenoxy) is 2. The first-order valence-electron chi connectivity index (χ1n) is 7.94. The highest BCUT2D eigenvalue weighted by molar-refractivity contribution is 5.05. The fourth-order valence-corrected chi connectivity index (χ4v) is 3.78. The molecule has 2 fully saturated rings. The lowest BCUT2D eigenvalue weighted by Crippen LogP contribution is -2.51. The average molecular weight is 311 g/mol. The number of nitrogens with zero attached hydrogens (tertiary/aromatic N) is 3. The highest BCUT2D eigenvalue weighted by Gasteiger charge is 2.50. The van der Waals surface area contributed by atoms with Crippen molar-refractivity contribution in [3.8, 4) is 0 Å². The van der Waals surface area contributed by atoms with Crippen molar-refractivity contribution in [2.24, 2.45) is 0 Å². The van der Waals surface area contributed by atoms with E-state index < -0.39 is 0 Å². The molecule has 0 aromatic carbocycles. The predicted octanol–water partition coefficient (Wildman–Crippen LogP) is 0.763. The lowest BCUT2D eigenvalue weighted by molar-refractivity contribution is -0.0887. The minimum absolute atomic E-state index is 0.127. The standard InChI is InChI=1S/C15H25N3O4/c1-20-8-4-13-16-14(22-17-13)10-18-7-6-15(21-2)5-3-11(19)9-12(15)18/h11-12,19H,3-10H2,1-2H3/t11-,12+,15-/m1/s1. The summed E-state index contributed by atoms with van der Waals surface area (Å²) in [6.07, 6.45) is 3.89. The number of aliphatic hydroxyl groups excluding tert-OH is 1. The minimum atomic E-state index is -0.242. The maximum absolute atomic E-state index is 10.0. The van der Waals surface area contributed by atoms with Gasteiger partial charge in [-0.05, 0) is 25.7 Å². The molecule has 1 aliphatic heterocycles. The van der Waals surface area contributed by atoms with Gasteiger partial charge in [0, 0.05) is 33.2 Å². The SMILES string of the molecule is COCCc1noc(CN2CC[C@]3(OC)CC[C@@H](O)C[C@H]23)n1. The third-order valence-corrected chi connectivity index (χ3v) is 5.05. The molecule has 0 spiro atoms. The Morgan fingerprint density at radius 3 is 3.05 bits per heavy atom. The largest absolute Gasteiger partial charge is 0.393 e. The highest BCUT2D eigenvalue weighted by atomic mass is 16.5. The Hall–Kier alpha value is -1.02. The van der Waals surface area contributed by atoms with Gasteiger partial charge in [0.2, 0.25) is 5.89 Å². The number of likely N-dealkylation sites (tertiary alicyclic amines) is 1. The van der Waals surface area contributed by atoms with E-state index in [1.165, 1.54) is 0 Å². The van der Waals surface area contributed by atoms with Crippen molar-refractivity contribution < 1.29 is 19.1 Å². The molecule has 22 heavy (non-hydrogen) atoms. The summed E-state index contributed by atoms with van der Waals surface area (Å²) >= 11 is 0. The summed E-state index contributed by atoms with van der Waals surface area (Å²) in [7, 11) is 3.44. The quantitative estimate of drug-likeness (QED) is 0.830. The molecule has 1 saturated heterocycles. The summed E-state index contributed by atoms with van der Waals surface area (Å²) in [4.78, 5) is 6.72. The zero-order valence-corrected chi connectivity index (χ0v) is 13.3. The highest BCUT2D eigenvalue weighted by Crippen LogP contribution is 2.42. The maximum atomic E-state index is 10.0. The van der Waals surface area contributed by atoms with Gasteiger partial charge in [0.15, 0.2) is 5.82 Å². The van der Waals surface area contributed by atoms with Crippen LogP contribution in [0.3, 0.4) is 0 Å². The molecule has 3 rings (SSSR count). The van der Waals surface area contributed by atoms with Crippen molar-refractivity contribution in [3.05, 3.63) is 11.7 Å². The number of methoxy groups -OCH3 is 2. The van der Waals surface area contributed by atoms with Crippen molar-refractivity contribution in [2.45, 2.75) is 56.4 Å². The number of fused-ring (bicyclic) bond motifs is 1. The van der Waals surface area contributed by atoms with Crippen molar-refractivity contribution in [1.29, 1.82) is 0 Å². The van der Waals surface area contributed by atoms with Crippen molar-refractivity contribution in [1.82, 2.24) is 15.0 Å². The lowest BCUT2D eigenvalue weighted by atomic mass is 9.79. The molecule has 2 aliphatic rings. The molecule has 0 amide bonds. The summed E-state index contributed by atoms with van der Waals surface area (Å²) in [5.74, 6) is 1.30. The van der Waals surface area contributed by atoms with Gasteiger partial charge in [0.25, 0.3) is 0 Å². The molecule has 124 valence electrons. The third kappa shape index (κ3) is 3.03. The van der Waals surface area contributed by atoms with Gasteiger partial charge in [-0.3, -0.25) is 4.90 Å². The number of aromatic nitrogens is 2. The van der Waals surface area contributed by atoms with Crippen molar-refractivity contribution in [3.63, 3.8) is 0 Å².